The van der Waals surface area contributed by atoms with E-state index in [1.54, 1.807) is 0 Å². The number of hydrogen-bond donors (Lipinski definition) is 0. The first-order chi connectivity index (χ1) is 10.9. The van der Waals surface area contributed by atoms with Gasteiger partial charge in [-0.3, -0.25) is 4.98 Å². The van der Waals surface area contributed by atoms with Gasteiger partial charge in [0.1, 0.15) is 0 Å². The van der Waals surface area contributed by atoms with Crippen LogP contribution < -0.4 is 0 Å². The maximum atomic E-state index is 4.16. The van der Waals surface area contributed by atoms with Gasteiger partial charge in [0, 0.05) is 12.4 Å². The zero-order valence-electron chi connectivity index (χ0n) is 12.7. The van der Waals surface area contributed by atoms with Crippen LogP contribution in [0.4, 0.5) is 0 Å². The monoisotopic (exact) mass is 285 g/mol. The minimum Gasteiger partial charge on any atom is -0.265 e. The second kappa shape index (κ2) is 6.86. The molecule has 1 heterocycles. The van der Waals surface area contributed by atoms with Crippen molar-refractivity contribution >= 4 is 11.1 Å². The third-order valence-corrected chi connectivity index (χ3v) is 3.81. The van der Waals surface area contributed by atoms with E-state index in [2.05, 4.69) is 84.7 Å². The highest BCUT2D eigenvalue weighted by Gasteiger charge is 2.12. The van der Waals surface area contributed by atoms with Crippen molar-refractivity contribution < 1.29 is 0 Å². The number of nitrogens with zero attached hydrogens (tertiary/aromatic N) is 1. The van der Waals surface area contributed by atoms with Crippen LogP contribution in [0.3, 0.4) is 0 Å². The lowest BCUT2D eigenvalue weighted by Crippen LogP contribution is -1.95. The van der Waals surface area contributed by atoms with Crippen molar-refractivity contribution in [3.63, 3.8) is 0 Å². The molecular formula is C21H19N. The lowest BCUT2D eigenvalue weighted by Gasteiger charge is -2.16. The first kappa shape index (κ1) is 14.3. The highest BCUT2D eigenvalue weighted by molar-refractivity contribution is 5.98. The molecule has 0 unspecified atom stereocenters. The van der Waals surface area contributed by atoms with E-state index < -0.39 is 0 Å². The standard InChI is InChI=1S/C21H19N/c1-2-20(17-9-5-3-6-10-17)21(18-11-7-4-8-12-18)19-13-15-22-16-14-19/h3-16H,2H2,1H3/b21-20-. The van der Waals surface area contributed by atoms with Crippen LogP contribution >= 0.6 is 0 Å². The van der Waals surface area contributed by atoms with Gasteiger partial charge in [0.2, 0.25) is 0 Å². The van der Waals surface area contributed by atoms with E-state index in [1.165, 1.54) is 27.8 Å². The highest BCUT2D eigenvalue weighted by Crippen LogP contribution is 2.33. The average Bonchev–Trinajstić information content (AvgIpc) is 2.62. The number of pyridine rings is 1. The second-order valence-corrected chi connectivity index (χ2v) is 5.18. The lowest BCUT2D eigenvalue weighted by atomic mass is 9.89. The minimum absolute atomic E-state index is 0.983. The Balaban J connectivity index is 2.27. The Morgan fingerprint density at radius 1 is 0.682 bits per heavy atom. The van der Waals surface area contributed by atoms with E-state index >= 15 is 0 Å². The number of allylic oxidation sites excluding steroid dienone is 1. The van der Waals surface area contributed by atoms with Crippen LogP contribution in [-0.2, 0) is 0 Å². The Morgan fingerprint density at radius 2 is 1.18 bits per heavy atom. The molecule has 0 saturated heterocycles. The molecule has 0 atom stereocenters. The Kier molecular flexibility index (Phi) is 4.45. The molecule has 0 N–H and O–H groups in total. The molecule has 22 heavy (non-hydrogen) atoms. The summed E-state index contributed by atoms with van der Waals surface area (Å²) in [4.78, 5) is 4.16. The lowest BCUT2D eigenvalue weighted by molar-refractivity contribution is 1.23. The molecule has 0 radical (unpaired) electrons. The van der Waals surface area contributed by atoms with Crippen molar-refractivity contribution in [1.82, 2.24) is 4.98 Å². The van der Waals surface area contributed by atoms with Gasteiger partial charge in [-0.25, -0.2) is 0 Å². The number of benzene rings is 2. The van der Waals surface area contributed by atoms with Gasteiger partial charge in [-0.2, -0.15) is 0 Å². The smallest absolute Gasteiger partial charge is 0.0273 e. The van der Waals surface area contributed by atoms with Crippen LogP contribution in [-0.4, -0.2) is 4.98 Å². The Hall–Kier alpha value is -2.67. The van der Waals surface area contributed by atoms with Gasteiger partial charge in [0.05, 0.1) is 0 Å². The molecule has 0 saturated carbocycles. The summed E-state index contributed by atoms with van der Waals surface area (Å²) in [6.07, 6.45) is 4.70. The van der Waals surface area contributed by atoms with Gasteiger partial charge in [-0.05, 0) is 46.4 Å². The zero-order chi connectivity index (χ0) is 15.2. The van der Waals surface area contributed by atoms with Crippen LogP contribution in [0.15, 0.2) is 85.2 Å². The van der Waals surface area contributed by atoms with Crippen molar-refractivity contribution in [3.05, 3.63) is 102 Å². The van der Waals surface area contributed by atoms with E-state index in [4.69, 9.17) is 0 Å². The largest absolute Gasteiger partial charge is 0.265 e. The maximum absolute atomic E-state index is 4.16. The molecule has 0 aliphatic carbocycles. The van der Waals surface area contributed by atoms with Gasteiger partial charge in [-0.15, -0.1) is 0 Å². The summed E-state index contributed by atoms with van der Waals surface area (Å²) in [5, 5.41) is 0. The summed E-state index contributed by atoms with van der Waals surface area (Å²) < 4.78 is 0. The van der Waals surface area contributed by atoms with Crippen molar-refractivity contribution in [2.24, 2.45) is 0 Å². The van der Waals surface area contributed by atoms with E-state index in [9.17, 15) is 0 Å². The van der Waals surface area contributed by atoms with Gasteiger partial charge >= 0.3 is 0 Å². The van der Waals surface area contributed by atoms with Gasteiger partial charge in [0.25, 0.3) is 0 Å². The molecule has 0 spiro atoms. The fraction of sp³-hybridized carbons (Fsp3) is 0.0952. The summed E-state index contributed by atoms with van der Waals surface area (Å²) in [7, 11) is 0. The molecule has 0 aliphatic heterocycles. The molecule has 108 valence electrons. The summed E-state index contributed by atoms with van der Waals surface area (Å²) in [6, 6.07) is 25.4. The first-order valence-corrected chi connectivity index (χ1v) is 7.64. The van der Waals surface area contributed by atoms with Crippen LogP contribution in [0.25, 0.3) is 11.1 Å². The third-order valence-electron chi connectivity index (χ3n) is 3.81. The van der Waals surface area contributed by atoms with Crippen molar-refractivity contribution in [2.75, 3.05) is 0 Å². The van der Waals surface area contributed by atoms with E-state index in [1.807, 2.05) is 12.4 Å². The van der Waals surface area contributed by atoms with E-state index in [-0.39, 0.29) is 0 Å². The van der Waals surface area contributed by atoms with Crippen LogP contribution in [0.1, 0.15) is 30.0 Å². The molecule has 2 aromatic carbocycles. The first-order valence-electron chi connectivity index (χ1n) is 7.64. The predicted molar refractivity (Wildman–Crippen MR) is 93.3 cm³/mol. The molecule has 1 nitrogen and oxygen atoms in total. The summed E-state index contributed by atoms with van der Waals surface area (Å²) in [5.74, 6) is 0. The second-order valence-electron chi connectivity index (χ2n) is 5.18. The topological polar surface area (TPSA) is 12.9 Å². The van der Waals surface area contributed by atoms with Crippen LogP contribution in [0.2, 0.25) is 0 Å². The molecule has 3 rings (SSSR count). The summed E-state index contributed by atoms with van der Waals surface area (Å²) in [6.45, 7) is 2.21. The van der Waals surface area contributed by atoms with E-state index in [0.717, 1.165) is 6.42 Å². The summed E-state index contributed by atoms with van der Waals surface area (Å²) >= 11 is 0. The van der Waals surface area contributed by atoms with Crippen LogP contribution in [0.5, 0.6) is 0 Å². The number of hydrogen-bond acceptors (Lipinski definition) is 1. The quantitative estimate of drug-likeness (QED) is 0.581. The molecule has 0 bridgehead atoms. The van der Waals surface area contributed by atoms with Crippen molar-refractivity contribution in [2.45, 2.75) is 13.3 Å². The third kappa shape index (κ3) is 2.99. The SMILES string of the molecule is CC/C(=C(\c1ccccc1)c1ccncc1)c1ccccc1. The maximum Gasteiger partial charge on any atom is 0.0273 e. The normalized spacial score (nSPS) is 11.9. The predicted octanol–water partition coefficient (Wildman–Crippen LogP) is 5.45. The Morgan fingerprint density at radius 3 is 1.73 bits per heavy atom. The zero-order valence-corrected chi connectivity index (χ0v) is 12.7. The molecule has 0 fully saturated rings. The minimum atomic E-state index is 0.983. The molecule has 0 aliphatic rings. The van der Waals surface area contributed by atoms with Crippen LogP contribution in [0, 0.1) is 0 Å². The number of aromatic nitrogens is 1. The molecular weight excluding hydrogens is 266 g/mol. The Labute approximate surface area is 132 Å². The fourth-order valence-corrected chi connectivity index (χ4v) is 2.80. The molecule has 3 aromatic rings. The molecule has 0 amide bonds. The average molecular weight is 285 g/mol. The summed E-state index contributed by atoms with van der Waals surface area (Å²) in [5.41, 5.74) is 6.38. The molecule has 1 aromatic heterocycles. The van der Waals surface area contributed by atoms with Crippen molar-refractivity contribution in [3.8, 4) is 0 Å². The van der Waals surface area contributed by atoms with Gasteiger partial charge in [-0.1, -0.05) is 67.6 Å². The molecule has 1 heteroatoms. The van der Waals surface area contributed by atoms with Gasteiger partial charge < -0.3 is 0 Å². The number of rotatable bonds is 4. The van der Waals surface area contributed by atoms with E-state index in [0.29, 0.717) is 0 Å². The van der Waals surface area contributed by atoms with Gasteiger partial charge in [0.15, 0.2) is 0 Å². The highest BCUT2D eigenvalue weighted by atomic mass is 14.6. The van der Waals surface area contributed by atoms with Crippen molar-refractivity contribution in [1.29, 1.82) is 0 Å². The fourth-order valence-electron chi connectivity index (χ4n) is 2.80. The Bertz CT molecular complexity index is 702.